The van der Waals surface area contributed by atoms with Gasteiger partial charge < -0.3 is 18.9 Å². The van der Waals surface area contributed by atoms with Crippen molar-refractivity contribution in [3.05, 3.63) is 194 Å². The fourth-order valence-electron chi connectivity index (χ4n) is 7.80. The van der Waals surface area contributed by atoms with Gasteiger partial charge in [-0.3, -0.25) is 0 Å². The Morgan fingerprint density at radius 2 is 0.600 bits per heavy atom. The molecule has 0 radical (unpaired) electrons. The monoisotopic (exact) mass is 760 g/mol. The van der Waals surface area contributed by atoms with E-state index in [2.05, 4.69) is 213 Å². The molecule has 0 fully saturated rings. The minimum absolute atomic E-state index is 1.14. The van der Waals surface area contributed by atoms with Gasteiger partial charge in [-0.1, -0.05) is 109 Å². The quantitative estimate of drug-likeness (QED) is 0.153. The van der Waals surface area contributed by atoms with E-state index in [1.165, 1.54) is 50.9 Å². The molecule has 0 unspecified atom stereocenters. The minimum Gasteiger partial charge on any atom is -0.305 e. The van der Waals surface area contributed by atoms with Gasteiger partial charge in [0, 0.05) is 34.1 Å². The highest BCUT2D eigenvalue weighted by Crippen LogP contribution is 2.54. The van der Waals surface area contributed by atoms with E-state index in [1.807, 2.05) is 34.0 Å². The molecule has 0 saturated heterocycles. The maximum Gasteiger partial charge on any atom is 0.103 e. The summed E-state index contributed by atoms with van der Waals surface area (Å²) < 4.78 is 10.2. The summed E-state index contributed by atoms with van der Waals surface area (Å²) in [6.45, 7) is 0. The lowest BCUT2D eigenvalue weighted by Gasteiger charge is -2.23. The molecule has 0 atom stereocenters. The van der Waals surface area contributed by atoms with Crippen LogP contribution in [-0.2, 0) is 0 Å². The highest BCUT2D eigenvalue weighted by molar-refractivity contribution is 7.35. The Morgan fingerprint density at radius 1 is 0.309 bits per heavy atom. The molecule has 6 aromatic carbocycles. The van der Waals surface area contributed by atoms with Crippen molar-refractivity contribution in [2.45, 2.75) is 0 Å². The molecular formula is C48H32N4S3. The largest absolute Gasteiger partial charge is 0.305 e. The van der Waals surface area contributed by atoms with Gasteiger partial charge >= 0.3 is 0 Å². The van der Waals surface area contributed by atoms with Crippen molar-refractivity contribution in [3.63, 3.8) is 0 Å². The first-order valence-electron chi connectivity index (χ1n) is 18.3. The van der Waals surface area contributed by atoms with Crippen molar-refractivity contribution >= 4 is 108 Å². The number of para-hydroxylation sites is 6. The molecule has 55 heavy (non-hydrogen) atoms. The van der Waals surface area contributed by atoms with Gasteiger partial charge in [-0.2, -0.15) is 0 Å². The van der Waals surface area contributed by atoms with E-state index in [0.717, 1.165) is 34.1 Å². The van der Waals surface area contributed by atoms with Crippen LogP contribution in [0.25, 0.3) is 52.2 Å². The molecule has 11 rings (SSSR count). The van der Waals surface area contributed by atoms with Gasteiger partial charge in [-0.15, -0.1) is 34.0 Å². The zero-order chi connectivity index (χ0) is 36.3. The predicted molar refractivity (Wildman–Crippen MR) is 238 cm³/mol. The van der Waals surface area contributed by atoms with Crippen molar-refractivity contribution in [1.29, 1.82) is 0 Å². The van der Waals surface area contributed by atoms with E-state index in [0.29, 0.717) is 0 Å². The highest BCUT2D eigenvalue weighted by atomic mass is 32.1. The van der Waals surface area contributed by atoms with E-state index in [4.69, 9.17) is 0 Å². The Morgan fingerprint density at radius 3 is 0.909 bits per heavy atom. The van der Waals surface area contributed by atoms with Crippen LogP contribution in [0.3, 0.4) is 0 Å². The number of thiophene rings is 3. The van der Waals surface area contributed by atoms with Crippen LogP contribution in [0.2, 0.25) is 0 Å². The van der Waals surface area contributed by atoms with Gasteiger partial charge in [0.25, 0.3) is 0 Å². The van der Waals surface area contributed by atoms with Gasteiger partial charge in [0.05, 0.1) is 40.9 Å². The topological polar surface area (TPSA) is 16.3 Å². The van der Waals surface area contributed by atoms with E-state index in [9.17, 15) is 0 Å². The molecule has 11 aromatic rings. The number of anilines is 6. The van der Waals surface area contributed by atoms with E-state index in [1.54, 1.807) is 0 Å². The second-order valence-corrected chi connectivity index (χ2v) is 16.5. The summed E-state index contributed by atoms with van der Waals surface area (Å²) in [6.07, 6.45) is 0. The van der Waals surface area contributed by atoms with Crippen LogP contribution in [0.1, 0.15) is 0 Å². The van der Waals surface area contributed by atoms with Crippen LogP contribution in [0.15, 0.2) is 194 Å². The number of rotatable bonds is 8. The van der Waals surface area contributed by atoms with Crippen LogP contribution in [0.4, 0.5) is 32.8 Å². The molecular weight excluding hydrogens is 729 g/mol. The molecule has 0 aliphatic heterocycles. The molecule has 0 N–H and O–H groups in total. The molecule has 0 amide bonds. The minimum atomic E-state index is 1.14. The average molecular weight is 761 g/mol. The third-order valence-corrected chi connectivity index (χ3v) is 13.8. The number of benzene rings is 6. The fourth-order valence-corrected chi connectivity index (χ4v) is 11.7. The fraction of sp³-hybridized carbons (Fsp3) is 0. The maximum absolute atomic E-state index is 2.50. The third kappa shape index (κ3) is 5.23. The molecule has 0 saturated carbocycles. The molecule has 5 heterocycles. The first-order valence-corrected chi connectivity index (χ1v) is 20.7. The molecule has 0 aliphatic rings. The number of hydrogen-bond acceptors (Lipinski definition) is 5. The Kier molecular flexibility index (Phi) is 7.69. The zero-order valence-electron chi connectivity index (χ0n) is 29.5. The summed E-state index contributed by atoms with van der Waals surface area (Å²) in [4.78, 5) is 4.77. The third-order valence-electron chi connectivity index (χ3n) is 10.1. The van der Waals surface area contributed by atoms with Crippen LogP contribution in [0, 0.1) is 0 Å². The molecule has 5 aromatic heterocycles. The van der Waals surface area contributed by atoms with Crippen molar-refractivity contribution in [2.24, 2.45) is 0 Å². The smallest absolute Gasteiger partial charge is 0.103 e. The summed E-state index contributed by atoms with van der Waals surface area (Å²) in [7, 11) is 0. The molecule has 0 aliphatic carbocycles. The summed E-state index contributed by atoms with van der Waals surface area (Å²) in [6, 6.07) is 69.3. The standard InChI is InChI=1S/C48H32N4S3/c1-7-19-33(20-8-1)49(34-21-9-2-10-22-34)41-31-39-45(53-41)47-43(51(39)37-27-15-5-16-28-37)44-48(55-47)46-40(52(44)38-29-17-6-18-30-38)32-42(54-46)50(35-23-11-3-12-24-35)36-25-13-4-14-26-36/h1-32H. The lowest BCUT2D eigenvalue weighted by Crippen LogP contribution is -2.08. The van der Waals surface area contributed by atoms with E-state index < -0.39 is 0 Å². The maximum atomic E-state index is 2.50. The van der Waals surface area contributed by atoms with Crippen molar-refractivity contribution in [3.8, 4) is 11.4 Å². The lowest BCUT2D eigenvalue weighted by molar-refractivity contribution is 1.15. The Hall–Kier alpha value is -6.38. The molecule has 4 nitrogen and oxygen atoms in total. The van der Waals surface area contributed by atoms with Gasteiger partial charge in [-0.05, 0) is 84.9 Å². The van der Waals surface area contributed by atoms with Crippen molar-refractivity contribution < 1.29 is 0 Å². The summed E-state index contributed by atoms with van der Waals surface area (Å²) >= 11 is 5.67. The first kappa shape index (κ1) is 32.1. The van der Waals surface area contributed by atoms with E-state index >= 15 is 0 Å². The van der Waals surface area contributed by atoms with Gasteiger partial charge in [0.15, 0.2) is 0 Å². The highest BCUT2D eigenvalue weighted by Gasteiger charge is 2.29. The number of hydrogen-bond donors (Lipinski definition) is 0. The number of aromatic nitrogens is 2. The lowest BCUT2D eigenvalue weighted by atomic mass is 10.2. The Bertz CT molecular complexity index is 2780. The summed E-state index contributed by atoms with van der Waals surface area (Å²) in [5, 5.41) is 2.37. The number of fused-ring (bicyclic) bond motifs is 7. The Labute approximate surface area is 330 Å². The van der Waals surface area contributed by atoms with Crippen LogP contribution >= 0.6 is 34.0 Å². The van der Waals surface area contributed by atoms with Gasteiger partial charge in [0.1, 0.15) is 10.0 Å². The number of nitrogens with zero attached hydrogens (tertiary/aromatic N) is 4. The Balaban J connectivity index is 1.22. The predicted octanol–water partition coefficient (Wildman–Crippen LogP) is 15.0. The van der Waals surface area contributed by atoms with Gasteiger partial charge in [0.2, 0.25) is 0 Å². The summed E-state index contributed by atoms with van der Waals surface area (Å²) in [5.74, 6) is 0. The second kappa shape index (κ2) is 13.2. The van der Waals surface area contributed by atoms with Gasteiger partial charge in [-0.25, -0.2) is 0 Å². The molecule has 7 heteroatoms. The van der Waals surface area contributed by atoms with E-state index in [-0.39, 0.29) is 0 Å². The molecule has 0 spiro atoms. The van der Waals surface area contributed by atoms with Crippen LogP contribution < -0.4 is 9.80 Å². The second-order valence-electron chi connectivity index (χ2n) is 13.4. The van der Waals surface area contributed by atoms with Crippen molar-refractivity contribution in [1.82, 2.24) is 9.13 Å². The zero-order valence-corrected chi connectivity index (χ0v) is 31.9. The van der Waals surface area contributed by atoms with Crippen molar-refractivity contribution in [2.75, 3.05) is 9.80 Å². The molecule has 262 valence electrons. The summed E-state index contributed by atoms with van der Waals surface area (Å²) in [5.41, 5.74) is 11.8. The van der Waals surface area contributed by atoms with Crippen LogP contribution in [0.5, 0.6) is 0 Å². The normalized spacial score (nSPS) is 11.6. The molecule has 0 bridgehead atoms. The average Bonchev–Trinajstić information content (AvgIpc) is 4.06. The SMILES string of the molecule is c1ccc(N(c2ccccc2)c2cc3c(s2)c2sc4c5sc(N(c6ccccc6)c6ccccc6)cc5n(-c5ccccc5)c4c2n3-c2ccccc2)cc1. The first-order chi connectivity index (χ1) is 27.3. The van der Waals surface area contributed by atoms with Crippen LogP contribution in [-0.4, -0.2) is 9.13 Å².